The van der Waals surface area contributed by atoms with Gasteiger partial charge in [0.15, 0.2) is 0 Å². The third kappa shape index (κ3) is 6.06. The zero-order chi connectivity index (χ0) is 27.8. The van der Waals surface area contributed by atoms with Crippen molar-refractivity contribution in [2.45, 2.75) is 51.6 Å². The van der Waals surface area contributed by atoms with E-state index in [0.717, 1.165) is 42.4 Å². The van der Waals surface area contributed by atoms with E-state index in [1.807, 2.05) is 55.5 Å². The second-order valence-corrected chi connectivity index (χ2v) is 11.1. The number of pyridine rings is 1. The van der Waals surface area contributed by atoms with Crippen LogP contribution in [0.5, 0.6) is 11.5 Å². The molecule has 0 unspecified atom stereocenters. The fraction of sp³-hybridized carbons (Fsp3) is 0.267. The highest BCUT2D eigenvalue weighted by molar-refractivity contribution is 7.59. The number of para-hydroxylation sites is 1. The van der Waals surface area contributed by atoms with Gasteiger partial charge >= 0.3 is 6.03 Å². The minimum atomic E-state index is -0.360. The van der Waals surface area contributed by atoms with Gasteiger partial charge in [-0.1, -0.05) is 31.0 Å². The molecule has 4 amide bonds. The predicted molar refractivity (Wildman–Crippen MR) is 177 cm³/mol. The number of amides is 4. The molecule has 1 aliphatic carbocycles. The van der Waals surface area contributed by atoms with Crippen LogP contribution in [0.3, 0.4) is 0 Å². The molecule has 3 N–H and O–H groups in total. The van der Waals surface area contributed by atoms with E-state index in [0.29, 0.717) is 32.5 Å². The molecule has 0 radical (unpaired) electrons. The Bertz CT molecular complexity index is 1630. The number of nitrogens with zero attached hydrogens (tertiary/aromatic N) is 2. The highest BCUT2D eigenvalue weighted by Gasteiger charge is 2.35. The van der Waals surface area contributed by atoms with Crippen molar-refractivity contribution < 1.29 is 19.1 Å². The topological polar surface area (TPSA) is 113 Å². The molecule has 0 spiro atoms. The van der Waals surface area contributed by atoms with Crippen molar-refractivity contribution in [3.05, 3.63) is 71.2 Å². The van der Waals surface area contributed by atoms with Crippen LogP contribution in [0.1, 0.15) is 47.8 Å². The molecule has 0 saturated heterocycles. The second kappa shape index (κ2) is 13.1. The summed E-state index contributed by atoms with van der Waals surface area (Å²) in [4.78, 5) is 45.9. The van der Waals surface area contributed by atoms with Crippen molar-refractivity contribution in [2.24, 2.45) is 0 Å². The summed E-state index contributed by atoms with van der Waals surface area (Å²) < 4.78 is 5.97. The number of ether oxygens (including phenoxy) is 1. The lowest BCUT2D eigenvalue weighted by Gasteiger charge is -2.32. The lowest BCUT2D eigenvalue weighted by atomic mass is 9.90. The highest BCUT2D eigenvalue weighted by atomic mass is 32.1. The Hall–Kier alpha value is -3.74. The van der Waals surface area contributed by atoms with Crippen molar-refractivity contribution in [3.8, 4) is 11.5 Å². The summed E-state index contributed by atoms with van der Waals surface area (Å²) >= 11 is 1.25. The molecule has 1 aliphatic heterocycles. The third-order valence-electron chi connectivity index (χ3n) is 7.31. The largest absolute Gasteiger partial charge is 0.457 e. The first kappa shape index (κ1) is 31.2. The maximum Gasteiger partial charge on any atom is 0.331 e. The molecular formula is C30H33N5O4S3. The van der Waals surface area contributed by atoms with Gasteiger partial charge in [-0.25, -0.2) is 9.78 Å². The fourth-order valence-electron chi connectivity index (χ4n) is 5.52. The van der Waals surface area contributed by atoms with E-state index >= 15 is 0 Å². The van der Waals surface area contributed by atoms with Gasteiger partial charge in [-0.15, -0.1) is 11.3 Å². The zero-order valence-corrected chi connectivity index (χ0v) is 26.0. The molecule has 1 fully saturated rings. The lowest BCUT2D eigenvalue weighted by molar-refractivity contribution is -0.120. The van der Waals surface area contributed by atoms with E-state index in [2.05, 4.69) is 20.9 Å². The fourth-order valence-corrected chi connectivity index (χ4v) is 6.54. The summed E-state index contributed by atoms with van der Waals surface area (Å²) in [5.41, 5.74) is 2.68. The van der Waals surface area contributed by atoms with Gasteiger partial charge in [0.25, 0.3) is 5.91 Å². The number of carbonyl (C=O) groups is 3. The average molecular weight is 624 g/mol. The van der Waals surface area contributed by atoms with Crippen LogP contribution in [-0.2, 0) is 4.79 Å². The Morgan fingerprint density at radius 1 is 0.976 bits per heavy atom. The van der Waals surface area contributed by atoms with Gasteiger partial charge in [-0.2, -0.15) is 27.0 Å². The van der Waals surface area contributed by atoms with Crippen molar-refractivity contribution >= 4 is 83.5 Å². The van der Waals surface area contributed by atoms with Crippen molar-refractivity contribution in [3.63, 3.8) is 0 Å². The van der Waals surface area contributed by atoms with Crippen molar-refractivity contribution in [1.29, 1.82) is 0 Å². The standard InChI is InChI=1S/C30H29N5O4S.2H2S/c1-17-16-20(39-19-8-4-3-5-9-19)12-13-23(17)35-24-14-15-31-29-25(24)26(34-30(35)38)27(40-29)28(37)33-22-11-7-6-10-21(22)32-18(2)36;;/h3-5,8-9,12-16,21-22H,6-7,10-11H2,1-2H3,(H,32,36)(H,33,37)(H,34,38);2*1H2/t21-,22-;;/m0../s1. The Kier molecular flexibility index (Phi) is 9.70. The van der Waals surface area contributed by atoms with Gasteiger partial charge in [0.1, 0.15) is 21.2 Å². The molecule has 4 aromatic rings. The number of nitrogens with one attached hydrogen (secondary N) is 3. The minimum absolute atomic E-state index is 0. The smallest absolute Gasteiger partial charge is 0.331 e. The van der Waals surface area contributed by atoms with Crippen molar-refractivity contribution in [2.75, 3.05) is 10.2 Å². The van der Waals surface area contributed by atoms with Crippen LogP contribution in [0.15, 0.2) is 60.8 Å². The van der Waals surface area contributed by atoms with E-state index in [1.54, 1.807) is 17.2 Å². The summed E-state index contributed by atoms with van der Waals surface area (Å²) in [5, 5.41) is 9.77. The summed E-state index contributed by atoms with van der Waals surface area (Å²) in [6, 6.07) is 16.2. The summed E-state index contributed by atoms with van der Waals surface area (Å²) in [5.74, 6) is 1.00. The third-order valence-corrected chi connectivity index (χ3v) is 8.41. The van der Waals surface area contributed by atoms with Gasteiger partial charge in [0.2, 0.25) is 5.91 Å². The van der Waals surface area contributed by atoms with E-state index in [9.17, 15) is 14.4 Å². The van der Waals surface area contributed by atoms with E-state index < -0.39 is 0 Å². The highest BCUT2D eigenvalue weighted by Crippen LogP contribution is 2.46. The number of anilines is 3. The van der Waals surface area contributed by atoms with Crippen LogP contribution in [0, 0.1) is 6.92 Å². The molecule has 2 aromatic heterocycles. The number of benzene rings is 2. The van der Waals surface area contributed by atoms with Gasteiger partial charge in [-0.05, 0) is 61.7 Å². The van der Waals surface area contributed by atoms with E-state index in [1.165, 1.54) is 18.3 Å². The first-order valence-electron chi connectivity index (χ1n) is 13.3. The molecule has 6 rings (SSSR count). The van der Waals surface area contributed by atoms with Crippen LogP contribution in [0.2, 0.25) is 0 Å². The molecule has 9 nitrogen and oxygen atoms in total. The minimum Gasteiger partial charge on any atom is -0.457 e. The molecule has 2 aromatic carbocycles. The van der Waals surface area contributed by atoms with Crippen LogP contribution >= 0.6 is 38.3 Å². The van der Waals surface area contributed by atoms with E-state index in [-0.39, 0.29) is 56.9 Å². The van der Waals surface area contributed by atoms with Crippen LogP contribution in [0.4, 0.5) is 21.9 Å². The normalized spacial score (nSPS) is 17.4. The molecule has 220 valence electrons. The summed E-state index contributed by atoms with van der Waals surface area (Å²) in [6.07, 6.45) is 5.23. The first-order chi connectivity index (χ1) is 19.4. The molecule has 2 aliphatic rings. The molecule has 1 saturated carbocycles. The number of urea groups is 1. The molecule has 0 bridgehead atoms. The molecule has 12 heteroatoms. The predicted octanol–water partition coefficient (Wildman–Crippen LogP) is 6.48. The Morgan fingerprint density at radius 2 is 1.69 bits per heavy atom. The van der Waals surface area contributed by atoms with E-state index in [4.69, 9.17) is 4.74 Å². The monoisotopic (exact) mass is 623 g/mol. The van der Waals surface area contributed by atoms with Gasteiger partial charge in [0, 0.05) is 25.2 Å². The number of aryl methyl sites for hydroxylation is 1. The number of thiophene rings is 1. The maximum atomic E-state index is 13.6. The first-order valence-corrected chi connectivity index (χ1v) is 14.1. The lowest BCUT2D eigenvalue weighted by Crippen LogP contribution is -2.52. The van der Waals surface area contributed by atoms with Crippen molar-refractivity contribution in [1.82, 2.24) is 15.6 Å². The summed E-state index contributed by atoms with van der Waals surface area (Å²) in [6.45, 7) is 3.42. The number of hydrogen-bond donors (Lipinski definition) is 3. The Morgan fingerprint density at radius 3 is 2.38 bits per heavy atom. The molecule has 42 heavy (non-hydrogen) atoms. The average Bonchev–Trinajstić information content (AvgIpc) is 3.30. The SMILES string of the molecule is CC(=O)N[C@H]1CCCC[C@@H]1NC(=O)c1sc2nccc3c2c1NC(=O)N3c1ccc(Oc2ccccc2)cc1C.S.S. The van der Waals surface area contributed by atoms with Gasteiger partial charge in [0.05, 0.1) is 22.4 Å². The molecule has 2 atom stereocenters. The zero-order valence-electron chi connectivity index (χ0n) is 23.2. The molecular weight excluding hydrogens is 591 g/mol. The number of carbonyl (C=O) groups excluding carboxylic acids is 3. The van der Waals surface area contributed by atoms with Gasteiger partial charge in [-0.3, -0.25) is 14.5 Å². The van der Waals surface area contributed by atoms with Crippen LogP contribution in [-0.4, -0.2) is 34.9 Å². The van der Waals surface area contributed by atoms with Crippen LogP contribution < -0.4 is 25.6 Å². The number of rotatable bonds is 6. The number of aromatic nitrogens is 1. The van der Waals surface area contributed by atoms with Gasteiger partial charge < -0.3 is 20.7 Å². The summed E-state index contributed by atoms with van der Waals surface area (Å²) in [7, 11) is 0. The Balaban J connectivity index is 0.00000202. The quantitative estimate of drug-likeness (QED) is 0.228. The maximum absolute atomic E-state index is 13.6. The second-order valence-electron chi connectivity index (χ2n) is 10.1. The Labute approximate surface area is 261 Å². The van der Waals surface area contributed by atoms with Crippen LogP contribution in [0.25, 0.3) is 10.2 Å². The number of hydrogen-bond acceptors (Lipinski definition) is 6. The molecule has 3 heterocycles.